The fraction of sp³-hybridized carbons (Fsp3) is 0. The SMILES string of the molecule is O=C1C=CC(=O)C(c2cccs2)=C1.c1cnoc1. The van der Waals surface area contributed by atoms with Crippen molar-refractivity contribution in [3.8, 4) is 0 Å². The van der Waals surface area contributed by atoms with Crippen LogP contribution in [0.4, 0.5) is 0 Å². The van der Waals surface area contributed by atoms with Crippen LogP contribution in [0.15, 0.2) is 58.8 Å². The smallest absolute Gasteiger partial charge is 0.187 e. The Labute approximate surface area is 107 Å². The van der Waals surface area contributed by atoms with Crippen LogP contribution in [0.25, 0.3) is 5.57 Å². The number of nitrogens with zero attached hydrogens (tertiary/aromatic N) is 1. The van der Waals surface area contributed by atoms with Gasteiger partial charge in [-0.05, 0) is 35.7 Å². The van der Waals surface area contributed by atoms with Gasteiger partial charge in [0.1, 0.15) is 6.26 Å². The van der Waals surface area contributed by atoms with Crippen molar-refractivity contribution >= 4 is 28.5 Å². The molecular weight excluding hydrogens is 250 g/mol. The van der Waals surface area contributed by atoms with Crippen LogP contribution in [0.2, 0.25) is 0 Å². The number of ketones is 2. The molecule has 0 N–H and O–H groups in total. The van der Waals surface area contributed by atoms with Gasteiger partial charge >= 0.3 is 0 Å². The number of hydrogen-bond donors (Lipinski definition) is 0. The lowest BCUT2D eigenvalue weighted by Gasteiger charge is -2.02. The van der Waals surface area contributed by atoms with Crippen molar-refractivity contribution in [1.29, 1.82) is 0 Å². The van der Waals surface area contributed by atoms with E-state index in [1.807, 2.05) is 17.5 Å². The average molecular weight is 259 g/mol. The number of allylic oxidation sites excluding steroid dienone is 4. The molecule has 2 aromatic rings. The van der Waals surface area contributed by atoms with Gasteiger partial charge in [-0.15, -0.1) is 11.3 Å². The third-order valence-corrected chi connectivity index (χ3v) is 2.99. The highest BCUT2D eigenvalue weighted by Gasteiger charge is 2.15. The first-order valence-corrected chi connectivity index (χ1v) is 6.01. The summed E-state index contributed by atoms with van der Waals surface area (Å²) in [7, 11) is 0. The van der Waals surface area contributed by atoms with Crippen molar-refractivity contribution in [2.24, 2.45) is 0 Å². The number of hydrogen-bond acceptors (Lipinski definition) is 5. The molecule has 2 heterocycles. The Morgan fingerprint density at radius 2 is 2.06 bits per heavy atom. The highest BCUT2D eigenvalue weighted by atomic mass is 32.1. The molecule has 4 nitrogen and oxygen atoms in total. The van der Waals surface area contributed by atoms with Crippen LogP contribution >= 0.6 is 11.3 Å². The van der Waals surface area contributed by atoms with E-state index in [1.165, 1.54) is 35.8 Å². The summed E-state index contributed by atoms with van der Waals surface area (Å²) >= 11 is 1.46. The van der Waals surface area contributed by atoms with Crippen molar-refractivity contribution in [2.75, 3.05) is 0 Å². The second-order valence-electron chi connectivity index (χ2n) is 3.32. The zero-order valence-electron chi connectivity index (χ0n) is 9.28. The van der Waals surface area contributed by atoms with Crippen molar-refractivity contribution in [3.63, 3.8) is 0 Å². The number of carbonyl (C=O) groups excluding carboxylic acids is 2. The minimum absolute atomic E-state index is 0.0953. The second-order valence-corrected chi connectivity index (χ2v) is 4.27. The van der Waals surface area contributed by atoms with Gasteiger partial charge in [-0.2, -0.15) is 0 Å². The normalized spacial score (nSPS) is 13.9. The van der Waals surface area contributed by atoms with E-state index in [0.717, 1.165) is 4.88 Å². The van der Waals surface area contributed by atoms with Gasteiger partial charge in [-0.1, -0.05) is 11.2 Å². The van der Waals surface area contributed by atoms with Crippen LogP contribution in [-0.2, 0) is 9.59 Å². The van der Waals surface area contributed by atoms with Crippen LogP contribution < -0.4 is 0 Å². The minimum atomic E-state index is -0.122. The lowest BCUT2D eigenvalue weighted by Crippen LogP contribution is -2.05. The predicted molar refractivity (Wildman–Crippen MR) is 68.0 cm³/mol. The molecule has 1 aliphatic rings. The molecule has 18 heavy (non-hydrogen) atoms. The van der Waals surface area contributed by atoms with E-state index >= 15 is 0 Å². The first-order valence-electron chi connectivity index (χ1n) is 5.13. The third kappa shape index (κ3) is 3.11. The molecule has 90 valence electrons. The number of carbonyl (C=O) groups is 2. The summed E-state index contributed by atoms with van der Waals surface area (Å²) in [6.07, 6.45) is 7.09. The summed E-state index contributed by atoms with van der Waals surface area (Å²) < 4.78 is 4.33. The van der Waals surface area contributed by atoms with E-state index in [-0.39, 0.29) is 11.6 Å². The Balaban J connectivity index is 0.000000202. The lowest BCUT2D eigenvalue weighted by molar-refractivity contribution is -0.113. The van der Waals surface area contributed by atoms with Crippen LogP contribution in [-0.4, -0.2) is 16.7 Å². The number of thiophene rings is 1. The highest BCUT2D eigenvalue weighted by Crippen LogP contribution is 2.23. The summed E-state index contributed by atoms with van der Waals surface area (Å²) in [5.74, 6) is -0.218. The van der Waals surface area contributed by atoms with E-state index in [2.05, 4.69) is 9.68 Å². The average Bonchev–Trinajstić information content (AvgIpc) is 3.07. The molecule has 0 amide bonds. The molecule has 0 saturated heterocycles. The molecule has 0 spiro atoms. The molecule has 0 aliphatic heterocycles. The van der Waals surface area contributed by atoms with Gasteiger partial charge in [0.05, 0.1) is 6.20 Å². The van der Waals surface area contributed by atoms with E-state index in [1.54, 1.807) is 12.3 Å². The Kier molecular flexibility index (Phi) is 3.98. The molecule has 0 radical (unpaired) electrons. The largest absolute Gasteiger partial charge is 0.365 e. The maximum Gasteiger partial charge on any atom is 0.187 e. The molecule has 0 fully saturated rings. The fourth-order valence-corrected chi connectivity index (χ4v) is 2.06. The zero-order chi connectivity index (χ0) is 12.8. The van der Waals surface area contributed by atoms with E-state index in [9.17, 15) is 9.59 Å². The molecule has 0 aromatic carbocycles. The van der Waals surface area contributed by atoms with Gasteiger partial charge < -0.3 is 4.52 Å². The number of aromatic nitrogens is 1. The van der Waals surface area contributed by atoms with Crippen molar-refractivity contribution in [2.45, 2.75) is 0 Å². The Hall–Kier alpha value is -2.27. The number of rotatable bonds is 1. The summed E-state index contributed by atoms with van der Waals surface area (Å²) in [4.78, 5) is 23.2. The van der Waals surface area contributed by atoms with Crippen LogP contribution in [0.1, 0.15) is 4.88 Å². The van der Waals surface area contributed by atoms with E-state index < -0.39 is 0 Å². The minimum Gasteiger partial charge on any atom is -0.365 e. The van der Waals surface area contributed by atoms with Gasteiger partial charge in [-0.25, -0.2) is 0 Å². The molecule has 1 aliphatic carbocycles. The Bertz CT molecular complexity index is 563. The monoisotopic (exact) mass is 259 g/mol. The first-order chi connectivity index (χ1) is 8.77. The Morgan fingerprint density at radius 1 is 1.17 bits per heavy atom. The molecule has 5 heteroatoms. The molecule has 0 atom stereocenters. The summed E-state index contributed by atoms with van der Waals surface area (Å²) in [6, 6.07) is 5.41. The summed E-state index contributed by atoms with van der Waals surface area (Å²) in [5.41, 5.74) is 0.502. The van der Waals surface area contributed by atoms with Crippen LogP contribution in [0.3, 0.4) is 0 Å². The summed E-state index contributed by atoms with van der Waals surface area (Å²) in [6.45, 7) is 0. The van der Waals surface area contributed by atoms with Crippen molar-refractivity contribution in [1.82, 2.24) is 5.16 Å². The maximum absolute atomic E-state index is 11.3. The van der Waals surface area contributed by atoms with Gasteiger partial charge in [0.15, 0.2) is 11.6 Å². The quantitative estimate of drug-likeness (QED) is 0.738. The first kappa shape index (κ1) is 12.2. The van der Waals surface area contributed by atoms with Gasteiger partial charge in [-0.3, -0.25) is 9.59 Å². The Morgan fingerprint density at radius 3 is 2.61 bits per heavy atom. The zero-order valence-corrected chi connectivity index (χ0v) is 10.1. The summed E-state index contributed by atoms with van der Waals surface area (Å²) in [5, 5.41) is 5.23. The van der Waals surface area contributed by atoms with Crippen molar-refractivity contribution < 1.29 is 14.1 Å². The molecular formula is C13H9NO3S. The topological polar surface area (TPSA) is 60.2 Å². The molecule has 0 saturated carbocycles. The maximum atomic E-state index is 11.3. The lowest BCUT2D eigenvalue weighted by atomic mass is 10.0. The van der Waals surface area contributed by atoms with E-state index in [4.69, 9.17) is 0 Å². The van der Waals surface area contributed by atoms with Crippen LogP contribution in [0, 0.1) is 0 Å². The molecule has 3 rings (SSSR count). The highest BCUT2D eigenvalue weighted by molar-refractivity contribution is 7.11. The third-order valence-electron chi connectivity index (χ3n) is 2.08. The van der Waals surface area contributed by atoms with Gasteiger partial charge in [0, 0.05) is 10.5 Å². The molecule has 0 unspecified atom stereocenters. The van der Waals surface area contributed by atoms with Crippen LogP contribution in [0.5, 0.6) is 0 Å². The molecule has 0 bridgehead atoms. The fourth-order valence-electron chi connectivity index (χ4n) is 1.31. The molecule has 2 aromatic heterocycles. The standard InChI is InChI=1S/C10H6O2S.C3H3NO/c11-7-3-4-9(12)8(6-7)10-2-1-5-13-10;1-2-4-5-3-1/h1-6H;1-3H. The van der Waals surface area contributed by atoms with Gasteiger partial charge in [0.2, 0.25) is 0 Å². The predicted octanol–water partition coefficient (Wildman–Crippen LogP) is 2.51. The second kappa shape index (κ2) is 5.88. The van der Waals surface area contributed by atoms with Crippen molar-refractivity contribution in [3.05, 3.63) is 59.1 Å². The van der Waals surface area contributed by atoms with Gasteiger partial charge in [0.25, 0.3) is 0 Å². The van der Waals surface area contributed by atoms with E-state index in [0.29, 0.717) is 5.57 Å².